The van der Waals surface area contributed by atoms with Crippen molar-refractivity contribution in [1.82, 2.24) is 0 Å². The Kier molecular flexibility index (Phi) is 4.03. The summed E-state index contributed by atoms with van der Waals surface area (Å²) in [6, 6.07) is 7.70. The number of nitrogens with one attached hydrogen (secondary N) is 2. The molecule has 2 amide bonds. The highest BCUT2D eigenvalue weighted by atomic mass is 32.2. The van der Waals surface area contributed by atoms with Crippen LogP contribution in [-0.4, -0.2) is 14.4 Å². The lowest BCUT2D eigenvalue weighted by atomic mass is 10.2. The molecule has 0 saturated heterocycles. The van der Waals surface area contributed by atoms with Crippen LogP contribution in [-0.2, 0) is 16.0 Å². The van der Waals surface area contributed by atoms with Crippen LogP contribution in [0.3, 0.4) is 0 Å². The molecule has 130 valence electrons. The largest absolute Gasteiger partial charge is 0.416 e. The highest BCUT2D eigenvalue weighted by Crippen LogP contribution is 2.31. The summed E-state index contributed by atoms with van der Waals surface area (Å²) in [4.78, 5) is 12.0. The molecule has 1 heterocycles. The van der Waals surface area contributed by atoms with Gasteiger partial charge in [-0.3, -0.25) is 0 Å². The molecule has 0 bridgehead atoms. The minimum Gasteiger partial charge on any atom is -0.308 e. The van der Waals surface area contributed by atoms with Crippen molar-refractivity contribution >= 4 is 33.3 Å². The average Bonchev–Trinajstić information content (AvgIpc) is 2.82. The van der Waals surface area contributed by atoms with Crippen molar-refractivity contribution in [2.45, 2.75) is 11.1 Å². The van der Waals surface area contributed by atoms with Gasteiger partial charge in [-0.1, -0.05) is 12.1 Å². The first kappa shape index (κ1) is 17.0. The van der Waals surface area contributed by atoms with Crippen LogP contribution in [0.25, 0.3) is 6.08 Å². The molecule has 25 heavy (non-hydrogen) atoms. The Balaban J connectivity index is 1.74. The minimum atomic E-state index is -4.52. The number of carbonyl (C=O) groups excluding carboxylic acids is 1. The third-order valence-electron chi connectivity index (χ3n) is 3.45. The molecule has 2 aromatic rings. The maximum Gasteiger partial charge on any atom is 0.416 e. The SMILES string of the molecule is O=C(Nc1cccc(C(F)(F)F)c1)Nc1ccc2c(c1)S(=O)(=O)C=C2. The Bertz CT molecular complexity index is 982. The van der Waals surface area contributed by atoms with Crippen molar-refractivity contribution in [3.8, 4) is 0 Å². The molecular weight excluding hydrogens is 357 g/mol. The fraction of sp³-hybridized carbons (Fsp3) is 0.0625. The fourth-order valence-electron chi connectivity index (χ4n) is 2.30. The van der Waals surface area contributed by atoms with Gasteiger partial charge in [-0.25, -0.2) is 13.2 Å². The van der Waals surface area contributed by atoms with Crippen molar-refractivity contribution in [1.29, 1.82) is 0 Å². The van der Waals surface area contributed by atoms with E-state index in [0.29, 0.717) is 5.56 Å². The summed E-state index contributed by atoms with van der Waals surface area (Å²) in [6.07, 6.45) is -3.08. The lowest BCUT2D eigenvalue weighted by molar-refractivity contribution is -0.137. The highest BCUT2D eigenvalue weighted by Gasteiger charge is 2.30. The summed E-state index contributed by atoms with van der Waals surface area (Å²) >= 11 is 0. The molecule has 1 aliphatic heterocycles. The number of hydrogen-bond acceptors (Lipinski definition) is 3. The number of benzene rings is 2. The third-order valence-corrected chi connectivity index (χ3v) is 4.91. The molecule has 3 rings (SSSR count). The normalized spacial score (nSPS) is 14.8. The molecule has 0 aromatic heterocycles. The number of halogens is 3. The maximum atomic E-state index is 12.7. The van der Waals surface area contributed by atoms with Gasteiger partial charge in [0.1, 0.15) is 0 Å². The Labute approximate surface area is 141 Å². The van der Waals surface area contributed by atoms with Gasteiger partial charge in [-0.05, 0) is 42.0 Å². The second kappa shape index (κ2) is 5.92. The number of hydrogen-bond donors (Lipinski definition) is 2. The van der Waals surface area contributed by atoms with E-state index in [9.17, 15) is 26.4 Å². The van der Waals surface area contributed by atoms with E-state index in [2.05, 4.69) is 10.6 Å². The molecule has 0 aliphatic carbocycles. The monoisotopic (exact) mass is 368 g/mol. The molecule has 9 heteroatoms. The lowest BCUT2D eigenvalue weighted by Crippen LogP contribution is -2.20. The van der Waals surface area contributed by atoms with Gasteiger partial charge in [0.15, 0.2) is 0 Å². The molecular formula is C16H11F3N2O3S. The second-order valence-corrected chi connectivity index (χ2v) is 7.06. The Hall–Kier alpha value is -2.81. The first-order valence-corrected chi connectivity index (χ1v) is 8.52. The van der Waals surface area contributed by atoms with Crippen molar-refractivity contribution in [2.24, 2.45) is 0 Å². The quantitative estimate of drug-likeness (QED) is 0.838. The Morgan fingerprint density at radius 2 is 1.64 bits per heavy atom. The van der Waals surface area contributed by atoms with Gasteiger partial charge < -0.3 is 10.6 Å². The van der Waals surface area contributed by atoms with Crippen LogP contribution in [0.4, 0.5) is 29.3 Å². The Morgan fingerprint density at radius 1 is 0.960 bits per heavy atom. The number of urea groups is 1. The molecule has 0 spiro atoms. The van der Waals surface area contributed by atoms with E-state index in [1.165, 1.54) is 36.4 Å². The van der Waals surface area contributed by atoms with E-state index in [4.69, 9.17) is 0 Å². The van der Waals surface area contributed by atoms with E-state index >= 15 is 0 Å². The van der Waals surface area contributed by atoms with Gasteiger partial charge in [0, 0.05) is 16.8 Å². The van der Waals surface area contributed by atoms with E-state index in [1.807, 2.05) is 0 Å². The summed E-state index contributed by atoms with van der Waals surface area (Å²) in [7, 11) is -3.52. The minimum absolute atomic E-state index is 0.0391. The van der Waals surface area contributed by atoms with Crippen LogP contribution < -0.4 is 10.6 Å². The predicted molar refractivity (Wildman–Crippen MR) is 86.7 cm³/mol. The van der Waals surface area contributed by atoms with Crippen LogP contribution in [0.2, 0.25) is 0 Å². The van der Waals surface area contributed by atoms with Crippen molar-refractivity contribution < 1.29 is 26.4 Å². The number of rotatable bonds is 2. The predicted octanol–water partition coefficient (Wildman–Crippen LogP) is 4.11. The average molecular weight is 368 g/mol. The molecule has 0 fully saturated rings. The number of amides is 2. The van der Waals surface area contributed by atoms with Gasteiger partial charge in [0.05, 0.1) is 10.5 Å². The van der Waals surface area contributed by atoms with Gasteiger partial charge in [-0.2, -0.15) is 13.2 Å². The van der Waals surface area contributed by atoms with Crippen molar-refractivity contribution in [3.05, 3.63) is 59.0 Å². The van der Waals surface area contributed by atoms with Gasteiger partial charge in [0.25, 0.3) is 0 Å². The van der Waals surface area contributed by atoms with E-state index in [-0.39, 0.29) is 16.3 Å². The van der Waals surface area contributed by atoms with Crippen LogP contribution in [0.5, 0.6) is 0 Å². The molecule has 0 unspecified atom stereocenters. The zero-order valence-corrected chi connectivity index (χ0v) is 13.3. The zero-order chi connectivity index (χ0) is 18.2. The van der Waals surface area contributed by atoms with Crippen molar-refractivity contribution in [2.75, 3.05) is 10.6 Å². The van der Waals surface area contributed by atoms with Gasteiger partial charge in [-0.15, -0.1) is 0 Å². The first-order valence-electron chi connectivity index (χ1n) is 6.98. The molecule has 2 N–H and O–H groups in total. The molecule has 1 aliphatic rings. The second-order valence-electron chi connectivity index (χ2n) is 5.26. The summed E-state index contributed by atoms with van der Waals surface area (Å²) in [6.45, 7) is 0. The number of anilines is 2. The fourth-order valence-corrected chi connectivity index (χ4v) is 3.53. The summed E-state index contributed by atoms with van der Waals surface area (Å²) in [5.41, 5.74) is -0.220. The van der Waals surface area contributed by atoms with Gasteiger partial charge >= 0.3 is 12.2 Å². The summed E-state index contributed by atoms with van der Waals surface area (Å²) < 4.78 is 61.6. The van der Waals surface area contributed by atoms with Crippen LogP contribution in [0, 0.1) is 0 Å². The smallest absolute Gasteiger partial charge is 0.308 e. The molecule has 0 atom stereocenters. The number of alkyl halides is 3. The molecule has 5 nitrogen and oxygen atoms in total. The summed E-state index contributed by atoms with van der Waals surface area (Å²) in [5, 5.41) is 5.73. The molecule has 0 radical (unpaired) electrons. The maximum absolute atomic E-state index is 12.7. The summed E-state index contributed by atoms with van der Waals surface area (Å²) in [5.74, 6) is 0. The topological polar surface area (TPSA) is 75.3 Å². The lowest BCUT2D eigenvalue weighted by Gasteiger charge is -2.11. The van der Waals surface area contributed by atoms with Crippen LogP contribution >= 0.6 is 0 Å². The number of sulfone groups is 1. The van der Waals surface area contributed by atoms with E-state index in [1.54, 1.807) is 0 Å². The molecule has 2 aromatic carbocycles. The Morgan fingerprint density at radius 3 is 2.32 bits per heavy atom. The first-order chi connectivity index (χ1) is 11.6. The van der Waals surface area contributed by atoms with Crippen LogP contribution in [0.1, 0.15) is 11.1 Å². The zero-order valence-electron chi connectivity index (χ0n) is 12.5. The standard InChI is InChI=1S/C16H11F3N2O3S/c17-16(18,19)11-2-1-3-12(8-11)20-15(22)21-13-5-4-10-6-7-25(23,24)14(10)9-13/h1-9H,(H2,20,21,22). The molecule has 0 saturated carbocycles. The number of carbonyl (C=O) groups is 1. The van der Waals surface area contributed by atoms with Crippen LogP contribution in [0.15, 0.2) is 52.8 Å². The van der Waals surface area contributed by atoms with Crippen molar-refractivity contribution in [3.63, 3.8) is 0 Å². The number of fused-ring (bicyclic) bond motifs is 1. The highest BCUT2D eigenvalue weighted by molar-refractivity contribution is 7.94. The third kappa shape index (κ3) is 3.66. The van der Waals surface area contributed by atoms with Gasteiger partial charge in [0.2, 0.25) is 9.84 Å². The van der Waals surface area contributed by atoms with E-state index in [0.717, 1.165) is 17.5 Å². The van der Waals surface area contributed by atoms with E-state index < -0.39 is 27.6 Å².